The molecule has 17 heavy (non-hydrogen) atoms. The topological polar surface area (TPSA) is 44.4 Å². The third-order valence-corrected chi connectivity index (χ3v) is 3.58. The van der Waals surface area contributed by atoms with Crippen LogP contribution in [-0.4, -0.2) is 50.1 Å². The molecular formula is C13H27N3O. The van der Waals surface area contributed by atoms with Crippen LogP contribution in [0.15, 0.2) is 0 Å². The van der Waals surface area contributed by atoms with Gasteiger partial charge in [-0.25, -0.2) is 0 Å². The highest BCUT2D eigenvalue weighted by molar-refractivity contribution is 5.76. The van der Waals surface area contributed by atoms with Crippen LogP contribution in [0.2, 0.25) is 0 Å². The van der Waals surface area contributed by atoms with Gasteiger partial charge in [-0.1, -0.05) is 13.8 Å². The molecule has 1 aliphatic rings. The molecule has 1 aliphatic heterocycles. The Kier molecular flexibility index (Phi) is 7.21. The van der Waals surface area contributed by atoms with Crippen molar-refractivity contribution in [3.63, 3.8) is 0 Å². The molecule has 1 heterocycles. The molecule has 0 aliphatic carbocycles. The van der Waals surface area contributed by atoms with Gasteiger partial charge in [0.05, 0.1) is 0 Å². The van der Waals surface area contributed by atoms with Crippen molar-refractivity contribution >= 4 is 5.91 Å². The number of amides is 1. The lowest BCUT2D eigenvalue weighted by molar-refractivity contribution is -0.122. The number of nitrogens with one attached hydrogen (secondary N) is 2. The summed E-state index contributed by atoms with van der Waals surface area (Å²) < 4.78 is 0. The fraction of sp³-hybridized carbons (Fsp3) is 0.923. The quantitative estimate of drug-likeness (QED) is 0.694. The van der Waals surface area contributed by atoms with Crippen LogP contribution < -0.4 is 10.6 Å². The highest BCUT2D eigenvalue weighted by atomic mass is 16.1. The number of carbonyl (C=O) groups is 1. The van der Waals surface area contributed by atoms with Gasteiger partial charge in [0.25, 0.3) is 0 Å². The summed E-state index contributed by atoms with van der Waals surface area (Å²) in [5.74, 6) is 0.814. The van der Waals surface area contributed by atoms with Gasteiger partial charge in [-0.2, -0.15) is 0 Å². The van der Waals surface area contributed by atoms with E-state index in [4.69, 9.17) is 0 Å². The summed E-state index contributed by atoms with van der Waals surface area (Å²) in [4.78, 5) is 14.0. The van der Waals surface area contributed by atoms with Gasteiger partial charge in [-0.05, 0) is 44.9 Å². The van der Waals surface area contributed by atoms with Crippen molar-refractivity contribution in [3.8, 4) is 0 Å². The molecule has 1 amide bonds. The fourth-order valence-electron chi connectivity index (χ4n) is 2.31. The molecule has 4 heteroatoms. The number of hydrogen-bond donors (Lipinski definition) is 2. The number of hydrogen-bond acceptors (Lipinski definition) is 3. The van der Waals surface area contributed by atoms with E-state index >= 15 is 0 Å². The molecule has 0 saturated carbocycles. The molecule has 0 bridgehead atoms. The Hall–Kier alpha value is -0.610. The Morgan fingerprint density at radius 3 is 2.53 bits per heavy atom. The van der Waals surface area contributed by atoms with Crippen LogP contribution in [0.4, 0.5) is 0 Å². The summed E-state index contributed by atoms with van der Waals surface area (Å²) in [6, 6.07) is 0. The van der Waals surface area contributed by atoms with Crippen molar-refractivity contribution < 1.29 is 4.79 Å². The SMILES string of the molecule is CCN(CC)CCNC(=O)CC1CCNCC1. The molecular weight excluding hydrogens is 214 g/mol. The Bertz CT molecular complexity index is 211. The van der Waals surface area contributed by atoms with Crippen LogP contribution >= 0.6 is 0 Å². The third kappa shape index (κ3) is 6.03. The van der Waals surface area contributed by atoms with Crippen molar-refractivity contribution in [2.45, 2.75) is 33.1 Å². The molecule has 100 valence electrons. The second-order valence-electron chi connectivity index (χ2n) is 4.77. The molecule has 2 N–H and O–H groups in total. The largest absolute Gasteiger partial charge is 0.355 e. The average Bonchev–Trinajstić information content (AvgIpc) is 2.36. The summed E-state index contributed by atoms with van der Waals surface area (Å²) >= 11 is 0. The van der Waals surface area contributed by atoms with E-state index in [-0.39, 0.29) is 5.91 Å². The van der Waals surface area contributed by atoms with Gasteiger partial charge >= 0.3 is 0 Å². The first-order chi connectivity index (χ1) is 8.26. The van der Waals surface area contributed by atoms with E-state index < -0.39 is 0 Å². The zero-order valence-corrected chi connectivity index (χ0v) is 11.3. The van der Waals surface area contributed by atoms with Crippen LogP contribution in [0.3, 0.4) is 0 Å². The second kappa shape index (κ2) is 8.48. The van der Waals surface area contributed by atoms with E-state index in [9.17, 15) is 4.79 Å². The van der Waals surface area contributed by atoms with E-state index in [0.29, 0.717) is 12.3 Å². The Morgan fingerprint density at radius 1 is 1.29 bits per heavy atom. The molecule has 0 spiro atoms. The first-order valence-corrected chi connectivity index (χ1v) is 6.96. The minimum atomic E-state index is 0.226. The lowest BCUT2D eigenvalue weighted by Gasteiger charge is -2.22. The summed E-state index contributed by atoms with van der Waals surface area (Å²) in [5, 5.41) is 6.35. The van der Waals surface area contributed by atoms with Gasteiger partial charge in [-0.15, -0.1) is 0 Å². The van der Waals surface area contributed by atoms with Gasteiger partial charge < -0.3 is 15.5 Å². The Balaban J connectivity index is 2.07. The van der Waals surface area contributed by atoms with Crippen molar-refractivity contribution in [2.75, 3.05) is 39.3 Å². The summed E-state index contributed by atoms with van der Waals surface area (Å²) in [6.45, 7) is 10.3. The summed E-state index contributed by atoms with van der Waals surface area (Å²) in [5.41, 5.74) is 0. The van der Waals surface area contributed by atoms with Gasteiger partial charge in [0.1, 0.15) is 0 Å². The maximum Gasteiger partial charge on any atom is 0.220 e. The number of rotatable bonds is 7. The molecule has 1 fully saturated rings. The molecule has 1 saturated heterocycles. The first kappa shape index (κ1) is 14.5. The second-order valence-corrected chi connectivity index (χ2v) is 4.77. The zero-order chi connectivity index (χ0) is 12.5. The Labute approximate surface area is 105 Å². The molecule has 0 atom stereocenters. The predicted molar refractivity (Wildman–Crippen MR) is 71.0 cm³/mol. The smallest absolute Gasteiger partial charge is 0.220 e. The highest BCUT2D eigenvalue weighted by Gasteiger charge is 2.16. The number of nitrogens with zero attached hydrogens (tertiary/aromatic N) is 1. The molecule has 0 aromatic rings. The van der Waals surface area contributed by atoms with E-state index in [1.54, 1.807) is 0 Å². The minimum absolute atomic E-state index is 0.226. The summed E-state index contributed by atoms with van der Waals surface area (Å²) in [6.07, 6.45) is 2.99. The van der Waals surface area contributed by atoms with Crippen LogP contribution in [0.25, 0.3) is 0 Å². The van der Waals surface area contributed by atoms with Gasteiger partial charge in [-0.3, -0.25) is 4.79 Å². The standard InChI is InChI=1S/C13H27N3O/c1-3-16(4-2)10-9-15-13(17)11-12-5-7-14-8-6-12/h12,14H,3-11H2,1-2H3,(H,15,17). The first-order valence-electron chi connectivity index (χ1n) is 6.96. The van der Waals surface area contributed by atoms with Crippen molar-refractivity contribution in [3.05, 3.63) is 0 Å². The molecule has 0 radical (unpaired) electrons. The van der Waals surface area contributed by atoms with Crippen LogP contribution in [-0.2, 0) is 4.79 Å². The molecule has 0 unspecified atom stereocenters. The average molecular weight is 241 g/mol. The predicted octanol–water partition coefficient (Wildman–Crippen LogP) is 0.834. The molecule has 0 aromatic heterocycles. The fourth-order valence-corrected chi connectivity index (χ4v) is 2.31. The normalized spacial score (nSPS) is 17.4. The third-order valence-electron chi connectivity index (χ3n) is 3.58. The number of carbonyl (C=O) groups excluding carboxylic acids is 1. The minimum Gasteiger partial charge on any atom is -0.355 e. The lowest BCUT2D eigenvalue weighted by atomic mass is 9.94. The lowest BCUT2D eigenvalue weighted by Crippen LogP contribution is -2.36. The van der Waals surface area contributed by atoms with E-state index in [1.807, 2.05) is 0 Å². The van der Waals surface area contributed by atoms with Gasteiger partial charge in [0.15, 0.2) is 0 Å². The molecule has 0 aromatic carbocycles. The zero-order valence-electron chi connectivity index (χ0n) is 11.3. The van der Waals surface area contributed by atoms with E-state index in [1.165, 1.54) is 0 Å². The van der Waals surface area contributed by atoms with Crippen LogP contribution in [0, 0.1) is 5.92 Å². The molecule has 4 nitrogen and oxygen atoms in total. The summed E-state index contributed by atoms with van der Waals surface area (Å²) in [7, 11) is 0. The maximum atomic E-state index is 11.7. The van der Waals surface area contributed by atoms with E-state index in [0.717, 1.165) is 52.1 Å². The molecule has 1 rings (SSSR count). The van der Waals surface area contributed by atoms with E-state index in [2.05, 4.69) is 29.4 Å². The Morgan fingerprint density at radius 2 is 1.94 bits per heavy atom. The van der Waals surface area contributed by atoms with Crippen molar-refractivity contribution in [2.24, 2.45) is 5.92 Å². The van der Waals surface area contributed by atoms with Crippen LogP contribution in [0.1, 0.15) is 33.1 Å². The maximum absolute atomic E-state index is 11.7. The van der Waals surface area contributed by atoms with Gasteiger partial charge in [0, 0.05) is 19.5 Å². The highest BCUT2D eigenvalue weighted by Crippen LogP contribution is 2.15. The monoisotopic (exact) mass is 241 g/mol. The van der Waals surface area contributed by atoms with Crippen molar-refractivity contribution in [1.82, 2.24) is 15.5 Å². The number of likely N-dealkylation sites (N-methyl/N-ethyl adjacent to an activating group) is 1. The van der Waals surface area contributed by atoms with Crippen LogP contribution in [0.5, 0.6) is 0 Å². The number of piperidine rings is 1. The van der Waals surface area contributed by atoms with Crippen molar-refractivity contribution in [1.29, 1.82) is 0 Å². The van der Waals surface area contributed by atoms with Gasteiger partial charge in [0.2, 0.25) is 5.91 Å².